The van der Waals surface area contributed by atoms with Crippen LogP contribution in [0.4, 0.5) is 0 Å². The van der Waals surface area contributed by atoms with Crippen molar-refractivity contribution in [1.29, 1.82) is 0 Å². The molecule has 2 unspecified atom stereocenters. The highest BCUT2D eigenvalue weighted by Gasteiger charge is 2.75. The lowest BCUT2D eigenvalue weighted by Crippen LogP contribution is -2.62. The van der Waals surface area contributed by atoms with Gasteiger partial charge in [-0.2, -0.15) is 9.36 Å². The first-order chi connectivity index (χ1) is 24.8. The molecule has 0 saturated carbocycles. The fraction of sp³-hybridized carbons (Fsp3) is 0.435. The van der Waals surface area contributed by atoms with Crippen LogP contribution in [0.5, 0.6) is 0 Å². The van der Waals surface area contributed by atoms with Crippen LogP contribution in [-0.2, 0) is 49.6 Å². The summed E-state index contributed by atoms with van der Waals surface area (Å²) in [6.45, 7) is 22.1. The monoisotopic (exact) mass is 711 g/mol. The number of aromatic nitrogens is 3. The summed E-state index contributed by atoms with van der Waals surface area (Å²) in [5.74, 6) is 0. The molecular weight excluding hydrogens is 659 g/mol. The van der Waals surface area contributed by atoms with E-state index >= 15 is 9.59 Å². The van der Waals surface area contributed by atoms with Crippen molar-refractivity contribution in [3.05, 3.63) is 164 Å². The van der Waals surface area contributed by atoms with Crippen LogP contribution in [0.3, 0.4) is 0 Å². The minimum atomic E-state index is -1.53. The van der Waals surface area contributed by atoms with E-state index in [1.54, 1.807) is 16.4 Å². The molecule has 0 bridgehead atoms. The van der Waals surface area contributed by atoms with Crippen LogP contribution in [0.15, 0.2) is 119 Å². The lowest BCUT2D eigenvalue weighted by Gasteiger charge is -2.53. The molecule has 0 N–H and O–H groups in total. The van der Waals surface area contributed by atoms with Gasteiger partial charge >= 0.3 is 11.4 Å². The molecule has 2 aliphatic carbocycles. The second-order valence-corrected chi connectivity index (χ2v) is 18.4. The molecule has 0 spiro atoms. The van der Waals surface area contributed by atoms with Gasteiger partial charge in [-0.3, -0.25) is 0 Å². The zero-order valence-corrected chi connectivity index (χ0v) is 33.0. The van der Waals surface area contributed by atoms with Crippen molar-refractivity contribution in [2.45, 2.75) is 115 Å². The van der Waals surface area contributed by atoms with Gasteiger partial charge < -0.3 is 9.47 Å². The van der Waals surface area contributed by atoms with E-state index in [9.17, 15) is 0 Å². The Morgan fingerprint density at radius 3 is 0.981 bits per heavy atom. The molecular formula is C46H53N3O4. The molecule has 7 nitrogen and oxygen atoms in total. The van der Waals surface area contributed by atoms with Crippen LogP contribution in [-0.4, -0.2) is 26.1 Å². The normalized spacial score (nSPS) is 25.9. The number of fused-ring (bicyclic) bond motifs is 3. The molecule has 5 aromatic rings. The van der Waals surface area contributed by atoms with Gasteiger partial charge in [0.25, 0.3) is 0 Å². The Morgan fingerprint density at radius 2 is 0.698 bits per heavy atom. The van der Waals surface area contributed by atoms with Crippen molar-refractivity contribution < 1.29 is 9.47 Å². The van der Waals surface area contributed by atoms with E-state index in [0.717, 1.165) is 11.1 Å². The SMILES string of the molecule is Cn1c(=O)n2n(c1=O)C(OC1C(C)(C)c3ccccc3C1(C)C)(c1ccccc1)C(C)(C)C2(OC1C(C)(C)c2ccccc2C1(C)C)c1ccccc1. The third kappa shape index (κ3) is 4.18. The maximum atomic E-state index is 15.0. The summed E-state index contributed by atoms with van der Waals surface area (Å²) in [6, 6.07) is 37.1. The first-order valence-corrected chi connectivity index (χ1v) is 18.9. The van der Waals surface area contributed by atoms with E-state index < -0.39 is 62.1 Å². The lowest BCUT2D eigenvalue weighted by atomic mass is 9.66. The summed E-state index contributed by atoms with van der Waals surface area (Å²) in [4.78, 5) is 30.1. The molecule has 2 atom stereocenters. The Balaban J connectivity index is 1.49. The topological polar surface area (TPSA) is 67.4 Å². The van der Waals surface area contributed by atoms with E-state index in [2.05, 4.69) is 118 Å². The van der Waals surface area contributed by atoms with Gasteiger partial charge in [-0.25, -0.2) is 14.2 Å². The summed E-state index contributed by atoms with van der Waals surface area (Å²) in [5.41, 5.74) is -0.567. The molecule has 3 aliphatic rings. The minimum Gasteiger partial charge on any atom is -0.344 e. The third-order valence-electron chi connectivity index (χ3n) is 13.6. The van der Waals surface area contributed by atoms with Crippen molar-refractivity contribution in [1.82, 2.24) is 13.9 Å². The summed E-state index contributed by atoms with van der Waals surface area (Å²) in [6.07, 6.45) is -0.838. The number of benzene rings is 4. The van der Waals surface area contributed by atoms with Crippen LogP contribution >= 0.6 is 0 Å². The van der Waals surface area contributed by atoms with Crippen molar-refractivity contribution in [2.24, 2.45) is 12.5 Å². The van der Waals surface area contributed by atoms with Gasteiger partial charge in [0.2, 0.25) is 11.4 Å². The molecule has 0 fully saturated rings. The molecule has 4 aromatic carbocycles. The molecule has 8 rings (SSSR count). The molecule has 7 heteroatoms. The fourth-order valence-electron chi connectivity index (χ4n) is 11.2. The van der Waals surface area contributed by atoms with Crippen molar-refractivity contribution in [2.75, 3.05) is 0 Å². The largest absolute Gasteiger partial charge is 0.349 e. The van der Waals surface area contributed by atoms with E-state index in [1.165, 1.54) is 26.8 Å². The molecule has 1 aromatic heterocycles. The van der Waals surface area contributed by atoms with Gasteiger partial charge in [0.15, 0.2) is 0 Å². The highest BCUT2D eigenvalue weighted by molar-refractivity contribution is 5.49. The maximum absolute atomic E-state index is 15.0. The van der Waals surface area contributed by atoms with Crippen LogP contribution in [0.2, 0.25) is 0 Å². The average molecular weight is 712 g/mol. The predicted octanol–water partition coefficient (Wildman–Crippen LogP) is 8.10. The van der Waals surface area contributed by atoms with E-state index in [0.29, 0.717) is 0 Å². The van der Waals surface area contributed by atoms with Gasteiger partial charge in [0.05, 0.1) is 17.6 Å². The summed E-state index contributed by atoms with van der Waals surface area (Å²) >= 11 is 0. The Labute approximate surface area is 313 Å². The smallest absolute Gasteiger partial charge is 0.344 e. The molecule has 0 amide bonds. The summed E-state index contributed by atoms with van der Waals surface area (Å²) in [5, 5.41) is 0. The van der Waals surface area contributed by atoms with Gasteiger partial charge in [0.1, 0.15) is 0 Å². The maximum Gasteiger partial charge on any atom is 0.349 e. The van der Waals surface area contributed by atoms with Gasteiger partial charge in [-0.15, -0.1) is 0 Å². The van der Waals surface area contributed by atoms with Gasteiger partial charge in [0, 0.05) is 39.8 Å². The average Bonchev–Trinajstić information content (AvgIpc) is 3.59. The van der Waals surface area contributed by atoms with Crippen molar-refractivity contribution in [3.63, 3.8) is 0 Å². The van der Waals surface area contributed by atoms with Gasteiger partial charge in [-0.1, -0.05) is 165 Å². The zero-order valence-electron chi connectivity index (χ0n) is 33.0. The quantitative estimate of drug-likeness (QED) is 0.179. The number of hydrogen-bond acceptors (Lipinski definition) is 4. The number of nitrogens with zero attached hydrogens (tertiary/aromatic N) is 3. The minimum absolute atomic E-state index is 0.419. The van der Waals surface area contributed by atoms with E-state index in [1.807, 2.05) is 60.7 Å². The number of rotatable bonds is 6. The molecule has 53 heavy (non-hydrogen) atoms. The molecule has 0 saturated heterocycles. The predicted molar refractivity (Wildman–Crippen MR) is 209 cm³/mol. The second kappa shape index (κ2) is 11.0. The highest BCUT2D eigenvalue weighted by Crippen LogP contribution is 2.65. The Hall–Kier alpha value is -4.46. The Bertz CT molecular complexity index is 2130. The molecule has 1 aliphatic heterocycles. The Kier molecular flexibility index (Phi) is 7.41. The molecule has 0 radical (unpaired) electrons. The molecule has 276 valence electrons. The standard InChI is InChI=1S/C46H53N3O4/c1-40(2)32-26-18-19-27-33(32)41(3,4)36(40)52-45(30-22-14-12-15-23-30)44(9,10)46(31-24-16-13-17-25-31,49-39(51)47(11)38(50)48(45)49)53-37-42(5,6)34-28-20-21-29-35(34)43(37,7)8/h12-29,36-37H,1-11H3. The van der Waals surface area contributed by atoms with Crippen molar-refractivity contribution >= 4 is 0 Å². The number of hydrogen-bond donors (Lipinski definition) is 0. The summed E-state index contributed by atoms with van der Waals surface area (Å²) < 4.78 is 20.4. The lowest BCUT2D eigenvalue weighted by molar-refractivity contribution is -0.263. The second-order valence-electron chi connectivity index (χ2n) is 18.4. The van der Waals surface area contributed by atoms with Crippen LogP contribution in [0.25, 0.3) is 0 Å². The zero-order chi connectivity index (χ0) is 38.1. The fourth-order valence-corrected chi connectivity index (χ4v) is 11.2. The van der Waals surface area contributed by atoms with Crippen molar-refractivity contribution in [3.8, 4) is 0 Å². The van der Waals surface area contributed by atoms with Crippen LogP contribution < -0.4 is 11.4 Å². The van der Waals surface area contributed by atoms with E-state index in [4.69, 9.17) is 9.47 Å². The molecule has 2 heterocycles. The number of ether oxygens (including phenoxy) is 2. The Morgan fingerprint density at radius 1 is 0.434 bits per heavy atom. The first kappa shape index (κ1) is 35.6. The highest BCUT2D eigenvalue weighted by atomic mass is 16.6. The van der Waals surface area contributed by atoms with Crippen LogP contribution in [0.1, 0.15) is 103 Å². The van der Waals surface area contributed by atoms with E-state index in [-0.39, 0.29) is 0 Å². The summed E-state index contributed by atoms with van der Waals surface area (Å²) in [7, 11) is 1.56. The van der Waals surface area contributed by atoms with Gasteiger partial charge in [-0.05, 0) is 36.1 Å². The van der Waals surface area contributed by atoms with Crippen LogP contribution in [0, 0.1) is 5.41 Å². The first-order valence-electron chi connectivity index (χ1n) is 18.9. The third-order valence-corrected chi connectivity index (χ3v) is 13.6.